The van der Waals surface area contributed by atoms with E-state index in [1.807, 2.05) is 42.5 Å². The van der Waals surface area contributed by atoms with Crippen molar-refractivity contribution in [1.29, 1.82) is 0 Å². The summed E-state index contributed by atoms with van der Waals surface area (Å²) in [5.41, 5.74) is 3.34. The molecular weight excluding hydrogens is 346 g/mol. The van der Waals surface area contributed by atoms with Gasteiger partial charge in [0.1, 0.15) is 0 Å². The minimum atomic E-state index is -0.390. The summed E-state index contributed by atoms with van der Waals surface area (Å²) in [7, 11) is 0. The SMILES string of the molecule is O=[N+]([O-])c1cc(Cl)ccc1-c1ccccc1-c1ccc2ccccc2c1. The molecule has 0 aromatic heterocycles. The van der Waals surface area contributed by atoms with E-state index in [9.17, 15) is 10.1 Å². The van der Waals surface area contributed by atoms with Crippen molar-refractivity contribution in [3.63, 3.8) is 0 Å². The van der Waals surface area contributed by atoms with E-state index in [1.165, 1.54) is 6.07 Å². The molecule has 0 aliphatic heterocycles. The van der Waals surface area contributed by atoms with Gasteiger partial charge in [0, 0.05) is 11.1 Å². The molecule has 0 unspecified atom stereocenters. The normalized spacial score (nSPS) is 10.8. The van der Waals surface area contributed by atoms with Crippen LogP contribution in [0.2, 0.25) is 5.02 Å². The van der Waals surface area contributed by atoms with Crippen molar-refractivity contribution in [3.8, 4) is 22.3 Å². The predicted octanol–water partition coefficient (Wildman–Crippen LogP) is 6.74. The minimum absolute atomic E-state index is 0.00531. The van der Waals surface area contributed by atoms with Gasteiger partial charge in [-0.1, -0.05) is 72.3 Å². The summed E-state index contributed by atoms with van der Waals surface area (Å²) in [5, 5.41) is 14.2. The highest BCUT2D eigenvalue weighted by Gasteiger charge is 2.18. The van der Waals surface area contributed by atoms with Crippen LogP contribution in [0.15, 0.2) is 84.9 Å². The summed E-state index contributed by atoms with van der Waals surface area (Å²) in [4.78, 5) is 11.1. The highest BCUT2D eigenvalue weighted by atomic mass is 35.5. The first-order valence-electron chi connectivity index (χ1n) is 8.16. The molecule has 0 amide bonds. The van der Waals surface area contributed by atoms with Crippen molar-refractivity contribution < 1.29 is 4.92 Å². The molecule has 0 radical (unpaired) electrons. The Morgan fingerprint density at radius 3 is 2.15 bits per heavy atom. The van der Waals surface area contributed by atoms with Gasteiger partial charge < -0.3 is 0 Å². The molecule has 0 aliphatic carbocycles. The van der Waals surface area contributed by atoms with E-state index in [0.29, 0.717) is 10.6 Å². The number of rotatable bonds is 3. The van der Waals surface area contributed by atoms with Crippen LogP contribution in [-0.2, 0) is 0 Å². The fraction of sp³-hybridized carbons (Fsp3) is 0. The van der Waals surface area contributed by atoms with Crippen molar-refractivity contribution in [1.82, 2.24) is 0 Å². The van der Waals surface area contributed by atoms with E-state index in [1.54, 1.807) is 12.1 Å². The molecule has 0 spiro atoms. The first-order valence-corrected chi connectivity index (χ1v) is 8.54. The van der Waals surface area contributed by atoms with Gasteiger partial charge in [-0.15, -0.1) is 0 Å². The number of hydrogen-bond donors (Lipinski definition) is 0. The summed E-state index contributed by atoms with van der Waals surface area (Å²) in [6.07, 6.45) is 0. The maximum Gasteiger partial charge on any atom is 0.278 e. The molecule has 0 fully saturated rings. The van der Waals surface area contributed by atoms with Crippen molar-refractivity contribution >= 4 is 28.1 Å². The van der Waals surface area contributed by atoms with Crippen LogP contribution in [0.1, 0.15) is 0 Å². The first kappa shape index (κ1) is 16.3. The van der Waals surface area contributed by atoms with Gasteiger partial charge in [0.05, 0.1) is 10.5 Å². The van der Waals surface area contributed by atoms with E-state index >= 15 is 0 Å². The Labute approximate surface area is 155 Å². The van der Waals surface area contributed by atoms with Crippen molar-refractivity contribution in [2.75, 3.05) is 0 Å². The van der Waals surface area contributed by atoms with Crippen LogP contribution in [0, 0.1) is 10.1 Å². The highest BCUT2D eigenvalue weighted by molar-refractivity contribution is 6.31. The van der Waals surface area contributed by atoms with Crippen LogP contribution in [-0.4, -0.2) is 4.92 Å². The molecule has 0 bridgehead atoms. The number of benzene rings is 4. The molecule has 4 heteroatoms. The van der Waals surface area contributed by atoms with E-state index in [2.05, 4.69) is 24.3 Å². The average Bonchev–Trinajstić information content (AvgIpc) is 2.67. The highest BCUT2D eigenvalue weighted by Crippen LogP contribution is 2.38. The average molecular weight is 360 g/mol. The zero-order valence-corrected chi connectivity index (χ0v) is 14.5. The number of nitrogens with zero attached hydrogens (tertiary/aromatic N) is 1. The van der Waals surface area contributed by atoms with Crippen molar-refractivity contribution in [2.24, 2.45) is 0 Å². The third-order valence-corrected chi connectivity index (χ3v) is 4.67. The quantitative estimate of drug-likeness (QED) is 0.300. The topological polar surface area (TPSA) is 43.1 Å². The molecule has 0 atom stereocenters. The molecule has 4 aromatic carbocycles. The molecule has 0 saturated heterocycles. The Morgan fingerprint density at radius 2 is 1.38 bits per heavy atom. The van der Waals surface area contributed by atoms with Crippen LogP contribution in [0.5, 0.6) is 0 Å². The molecule has 26 heavy (non-hydrogen) atoms. The van der Waals surface area contributed by atoms with E-state index in [0.717, 1.165) is 27.5 Å². The van der Waals surface area contributed by atoms with Crippen LogP contribution < -0.4 is 0 Å². The summed E-state index contributed by atoms with van der Waals surface area (Å²) in [5.74, 6) is 0. The molecule has 4 rings (SSSR count). The molecule has 0 saturated carbocycles. The zero-order valence-electron chi connectivity index (χ0n) is 13.7. The lowest BCUT2D eigenvalue weighted by Crippen LogP contribution is -1.93. The van der Waals surface area contributed by atoms with Gasteiger partial charge in [-0.05, 0) is 45.7 Å². The first-order chi connectivity index (χ1) is 12.6. The van der Waals surface area contributed by atoms with Gasteiger partial charge in [-0.3, -0.25) is 10.1 Å². The third kappa shape index (κ3) is 2.93. The van der Waals surface area contributed by atoms with Gasteiger partial charge in [0.15, 0.2) is 0 Å². The van der Waals surface area contributed by atoms with Gasteiger partial charge in [0.2, 0.25) is 0 Å². The van der Waals surface area contributed by atoms with Crippen LogP contribution in [0.25, 0.3) is 33.0 Å². The predicted molar refractivity (Wildman–Crippen MR) is 106 cm³/mol. The Balaban J connectivity index is 1.94. The number of nitro benzene ring substituents is 1. The summed E-state index contributed by atoms with van der Waals surface area (Å²) in [6.45, 7) is 0. The zero-order chi connectivity index (χ0) is 18.1. The molecule has 4 aromatic rings. The van der Waals surface area contributed by atoms with Crippen LogP contribution >= 0.6 is 11.6 Å². The maximum absolute atomic E-state index is 11.5. The lowest BCUT2D eigenvalue weighted by molar-refractivity contribution is -0.384. The Hall–Kier alpha value is -3.17. The second-order valence-electron chi connectivity index (χ2n) is 6.03. The lowest BCUT2D eigenvalue weighted by atomic mass is 9.92. The Bertz CT molecular complexity index is 1140. The van der Waals surface area contributed by atoms with Gasteiger partial charge in [-0.25, -0.2) is 0 Å². The molecule has 3 nitrogen and oxygen atoms in total. The number of fused-ring (bicyclic) bond motifs is 1. The Morgan fingerprint density at radius 1 is 0.692 bits per heavy atom. The summed E-state index contributed by atoms with van der Waals surface area (Å²) in [6, 6.07) is 26.9. The summed E-state index contributed by atoms with van der Waals surface area (Å²) >= 11 is 5.97. The van der Waals surface area contributed by atoms with Crippen molar-refractivity contribution in [2.45, 2.75) is 0 Å². The van der Waals surface area contributed by atoms with Crippen molar-refractivity contribution in [3.05, 3.63) is 100 Å². The third-order valence-electron chi connectivity index (χ3n) is 4.43. The largest absolute Gasteiger partial charge is 0.278 e. The molecule has 0 heterocycles. The second kappa shape index (κ2) is 6.62. The second-order valence-corrected chi connectivity index (χ2v) is 6.46. The number of halogens is 1. The Kier molecular flexibility index (Phi) is 4.15. The summed E-state index contributed by atoms with van der Waals surface area (Å²) < 4.78 is 0. The van der Waals surface area contributed by atoms with E-state index in [-0.39, 0.29) is 5.69 Å². The monoisotopic (exact) mass is 359 g/mol. The number of nitro groups is 1. The maximum atomic E-state index is 11.5. The number of hydrogen-bond acceptors (Lipinski definition) is 2. The fourth-order valence-electron chi connectivity index (χ4n) is 3.21. The van der Waals surface area contributed by atoms with Gasteiger partial charge >= 0.3 is 0 Å². The molecule has 0 N–H and O–H groups in total. The smallest absolute Gasteiger partial charge is 0.258 e. The van der Waals surface area contributed by atoms with E-state index < -0.39 is 4.92 Å². The van der Waals surface area contributed by atoms with Gasteiger partial charge in [-0.2, -0.15) is 0 Å². The fourth-order valence-corrected chi connectivity index (χ4v) is 3.38. The van der Waals surface area contributed by atoms with Crippen LogP contribution in [0.4, 0.5) is 5.69 Å². The molecular formula is C22H14ClNO2. The lowest BCUT2D eigenvalue weighted by Gasteiger charge is -2.11. The van der Waals surface area contributed by atoms with Crippen LogP contribution in [0.3, 0.4) is 0 Å². The van der Waals surface area contributed by atoms with Gasteiger partial charge in [0.25, 0.3) is 5.69 Å². The molecule has 126 valence electrons. The standard InChI is InChI=1S/C22H14ClNO2/c23-18-11-12-21(22(14-18)24(25)26)20-8-4-3-7-19(20)17-10-9-15-5-1-2-6-16(15)13-17/h1-14H. The minimum Gasteiger partial charge on any atom is -0.258 e. The van der Waals surface area contributed by atoms with E-state index in [4.69, 9.17) is 11.6 Å². The molecule has 0 aliphatic rings.